The summed E-state index contributed by atoms with van der Waals surface area (Å²) in [6.45, 7) is -4.07. The van der Waals surface area contributed by atoms with E-state index in [1.165, 1.54) is 6.07 Å². The highest BCUT2D eigenvalue weighted by atomic mass is 19.4. The molecule has 0 saturated carbocycles. The molecule has 0 fully saturated rings. The fraction of sp³-hybridized carbons (Fsp3) is 0.333. The van der Waals surface area contributed by atoms with Gasteiger partial charge in [0.1, 0.15) is 17.1 Å². The molecule has 4 rings (SSSR count). The highest BCUT2D eigenvalue weighted by molar-refractivity contribution is 5.83. The van der Waals surface area contributed by atoms with Crippen LogP contribution >= 0.6 is 0 Å². The van der Waals surface area contributed by atoms with Crippen LogP contribution in [0.1, 0.15) is 30.5 Å². The first-order valence-corrected chi connectivity index (χ1v) is 12.0. The number of benzene rings is 1. The van der Waals surface area contributed by atoms with E-state index >= 15 is 0 Å². The summed E-state index contributed by atoms with van der Waals surface area (Å²) < 4.78 is 111. The smallest absolute Gasteiger partial charge is 0.378 e. The van der Waals surface area contributed by atoms with Crippen molar-refractivity contribution in [3.05, 3.63) is 74.8 Å². The highest BCUT2D eigenvalue weighted by Gasteiger charge is 2.37. The van der Waals surface area contributed by atoms with Gasteiger partial charge in [0.2, 0.25) is 0 Å². The number of fused-ring (bicyclic) bond motifs is 1. The van der Waals surface area contributed by atoms with E-state index in [1.54, 1.807) is 5.10 Å². The number of rotatable bonds is 11. The summed E-state index contributed by atoms with van der Waals surface area (Å²) in [4.78, 5) is 36.1. The van der Waals surface area contributed by atoms with Gasteiger partial charge in [0.15, 0.2) is 0 Å². The Kier molecular flexibility index (Phi) is 9.13. The van der Waals surface area contributed by atoms with Crippen LogP contribution in [0, 0.1) is 5.82 Å². The van der Waals surface area contributed by atoms with E-state index in [9.17, 15) is 44.7 Å². The molecule has 3 heterocycles. The molecule has 0 amide bonds. The number of nitrogens with one attached hydrogen (secondary N) is 2. The van der Waals surface area contributed by atoms with Gasteiger partial charge in [-0.05, 0) is 25.0 Å². The maximum absolute atomic E-state index is 14.9. The van der Waals surface area contributed by atoms with Gasteiger partial charge in [-0.25, -0.2) is 23.3 Å². The van der Waals surface area contributed by atoms with Crippen LogP contribution in [0.2, 0.25) is 0 Å². The fourth-order valence-corrected chi connectivity index (χ4v) is 4.03. The fourth-order valence-electron chi connectivity index (χ4n) is 4.03. The average molecular weight is 605 g/mol. The quantitative estimate of drug-likeness (QED) is 0.239. The van der Waals surface area contributed by atoms with Crippen LogP contribution in [0.25, 0.3) is 22.2 Å². The molecule has 10 nitrogen and oxygen atoms in total. The Morgan fingerprint density at radius 2 is 1.79 bits per heavy atom. The standard InChI is InChI=1S/C24H19F8N7O3/c25-14-4-13-15(5-12(14)16-6-34-18(7-33-16)20(26)27)35-10-39(22(13)41)3-1-2-11(9-42-23(28)29)37-17-8-36-38-21(40)19(17)24(30,31)32/h4-8,10-11,20,23H,1-3,9H2,(H2,37,38,40)/t11-/m1/s1. The monoisotopic (exact) mass is 605 g/mol. The molecule has 0 aliphatic carbocycles. The Hall–Kier alpha value is -4.48. The zero-order chi connectivity index (χ0) is 30.6. The van der Waals surface area contributed by atoms with E-state index in [0.717, 1.165) is 29.4 Å². The minimum Gasteiger partial charge on any atom is -0.378 e. The van der Waals surface area contributed by atoms with Crippen molar-refractivity contribution in [2.45, 2.75) is 44.6 Å². The normalized spacial score (nSPS) is 12.8. The second-order valence-corrected chi connectivity index (χ2v) is 8.78. The third-order valence-electron chi connectivity index (χ3n) is 5.96. The number of nitrogens with zero attached hydrogens (tertiary/aromatic N) is 5. The number of hydrogen-bond acceptors (Lipinski definition) is 8. The second kappa shape index (κ2) is 12.6. The third kappa shape index (κ3) is 7.04. The maximum Gasteiger partial charge on any atom is 0.423 e. The van der Waals surface area contributed by atoms with Crippen molar-refractivity contribution in [2.75, 3.05) is 11.9 Å². The van der Waals surface area contributed by atoms with Gasteiger partial charge in [-0.3, -0.25) is 24.1 Å². The van der Waals surface area contributed by atoms with Gasteiger partial charge in [-0.1, -0.05) is 0 Å². The minimum atomic E-state index is -5.08. The van der Waals surface area contributed by atoms with Crippen LogP contribution in [0.3, 0.4) is 0 Å². The Morgan fingerprint density at radius 3 is 2.43 bits per heavy atom. The van der Waals surface area contributed by atoms with Gasteiger partial charge in [0, 0.05) is 18.2 Å². The summed E-state index contributed by atoms with van der Waals surface area (Å²) in [6, 6.07) is 0.918. The van der Waals surface area contributed by atoms with Gasteiger partial charge >= 0.3 is 12.8 Å². The summed E-state index contributed by atoms with van der Waals surface area (Å²) in [6.07, 6.45) is -4.48. The second-order valence-electron chi connectivity index (χ2n) is 8.78. The molecule has 0 spiro atoms. The molecule has 0 saturated heterocycles. The van der Waals surface area contributed by atoms with Crippen LogP contribution in [0.4, 0.5) is 40.8 Å². The number of H-pyrrole nitrogens is 1. The number of ether oxygens (including phenoxy) is 1. The van der Waals surface area contributed by atoms with Crippen LogP contribution in [-0.4, -0.2) is 49.0 Å². The largest absolute Gasteiger partial charge is 0.423 e. The van der Waals surface area contributed by atoms with Crippen molar-refractivity contribution in [1.29, 1.82) is 0 Å². The summed E-state index contributed by atoms with van der Waals surface area (Å²) in [5.41, 5.74) is -5.34. The Morgan fingerprint density at radius 1 is 1.02 bits per heavy atom. The number of anilines is 1. The number of hydrogen-bond donors (Lipinski definition) is 2. The van der Waals surface area contributed by atoms with E-state index in [0.29, 0.717) is 6.20 Å². The lowest BCUT2D eigenvalue weighted by molar-refractivity contribution is -0.138. The van der Waals surface area contributed by atoms with Crippen LogP contribution in [-0.2, 0) is 17.5 Å². The van der Waals surface area contributed by atoms with Gasteiger partial charge in [-0.15, -0.1) is 0 Å². The number of alkyl halides is 7. The van der Waals surface area contributed by atoms with E-state index in [4.69, 9.17) is 0 Å². The molecule has 0 radical (unpaired) electrons. The molecule has 1 atom stereocenters. The van der Waals surface area contributed by atoms with E-state index in [2.05, 4.69) is 30.1 Å². The first-order valence-electron chi connectivity index (χ1n) is 12.0. The van der Waals surface area contributed by atoms with Crippen LogP contribution in [0.15, 0.2) is 46.6 Å². The topological polar surface area (TPSA) is 128 Å². The van der Waals surface area contributed by atoms with Gasteiger partial charge in [0.05, 0.1) is 53.8 Å². The van der Waals surface area contributed by atoms with E-state index in [-0.39, 0.29) is 41.5 Å². The number of halogens is 8. The Balaban J connectivity index is 1.52. The molecule has 4 aromatic rings. The van der Waals surface area contributed by atoms with Gasteiger partial charge in [0.25, 0.3) is 17.5 Å². The lowest BCUT2D eigenvalue weighted by atomic mass is 10.1. The lowest BCUT2D eigenvalue weighted by Crippen LogP contribution is -2.32. The SMILES string of the molecule is O=c1[nH]ncc(N[C@H](CCCn2cnc3cc(-c4cnc(C(F)F)cn4)c(F)cc3c2=O)COC(F)F)c1C(F)(F)F. The van der Waals surface area contributed by atoms with E-state index in [1.807, 2.05) is 0 Å². The van der Waals surface area contributed by atoms with Crippen molar-refractivity contribution in [3.8, 4) is 11.3 Å². The summed E-state index contributed by atoms with van der Waals surface area (Å²) in [5.74, 6) is -0.904. The van der Waals surface area contributed by atoms with Crippen molar-refractivity contribution in [3.63, 3.8) is 0 Å². The predicted molar refractivity (Wildman–Crippen MR) is 130 cm³/mol. The molecule has 2 N–H and O–H groups in total. The predicted octanol–water partition coefficient (Wildman–Crippen LogP) is 4.53. The summed E-state index contributed by atoms with van der Waals surface area (Å²) in [7, 11) is 0. The first kappa shape index (κ1) is 30.5. The Bertz CT molecular complexity index is 1660. The molecule has 0 aliphatic heterocycles. The number of aryl methyl sites for hydroxylation is 1. The molecular weight excluding hydrogens is 586 g/mol. The molecule has 1 aromatic carbocycles. The summed E-state index contributed by atoms with van der Waals surface area (Å²) >= 11 is 0. The molecule has 224 valence electrons. The van der Waals surface area contributed by atoms with Crippen LogP contribution < -0.4 is 16.4 Å². The summed E-state index contributed by atoms with van der Waals surface area (Å²) in [5, 5.41) is 7.17. The highest BCUT2D eigenvalue weighted by Crippen LogP contribution is 2.32. The van der Waals surface area contributed by atoms with Crippen molar-refractivity contribution in [2.24, 2.45) is 0 Å². The average Bonchev–Trinajstić information content (AvgIpc) is 2.92. The van der Waals surface area contributed by atoms with Crippen molar-refractivity contribution >= 4 is 16.6 Å². The molecular formula is C24H19F8N7O3. The zero-order valence-corrected chi connectivity index (χ0v) is 21.0. The molecule has 3 aromatic heterocycles. The van der Waals surface area contributed by atoms with Crippen molar-refractivity contribution in [1.82, 2.24) is 29.7 Å². The molecule has 0 unspecified atom stereocenters. The Labute approximate surface area is 229 Å². The van der Waals surface area contributed by atoms with Crippen LogP contribution in [0.5, 0.6) is 0 Å². The molecule has 18 heteroatoms. The lowest BCUT2D eigenvalue weighted by Gasteiger charge is -2.22. The number of aromatic nitrogens is 6. The maximum atomic E-state index is 14.9. The number of aromatic amines is 1. The molecule has 0 bridgehead atoms. The third-order valence-corrected chi connectivity index (χ3v) is 5.96. The van der Waals surface area contributed by atoms with Gasteiger partial charge < -0.3 is 10.1 Å². The molecule has 0 aliphatic rings. The van der Waals surface area contributed by atoms with Gasteiger partial charge in [-0.2, -0.15) is 27.1 Å². The van der Waals surface area contributed by atoms with E-state index < -0.39 is 65.7 Å². The minimum absolute atomic E-state index is 0.0297. The van der Waals surface area contributed by atoms with Crippen molar-refractivity contribution < 1.29 is 39.9 Å². The zero-order valence-electron chi connectivity index (χ0n) is 21.0. The molecule has 42 heavy (non-hydrogen) atoms. The first-order chi connectivity index (χ1) is 19.8.